The number of H-pyrrole nitrogens is 1. The largest absolute Gasteiger partial charge is 0.337 e. The first-order valence-corrected chi connectivity index (χ1v) is 8.66. The minimum absolute atomic E-state index is 0.195. The fraction of sp³-hybridized carbons (Fsp3) is 0.278. The fourth-order valence-corrected chi connectivity index (χ4v) is 3.03. The number of nitrogens with one attached hydrogen (secondary N) is 3. The number of anilines is 1. The van der Waals surface area contributed by atoms with E-state index >= 15 is 0 Å². The molecule has 1 fully saturated rings. The number of halogens is 1. The number of aromatic amines is 1. The Bertz CT molecular complexity index is 948. The molecule has 25 heavy (non-hydrogen) atoms. The van der Waals surface area contributed by atoms with Gasteiger partial charge >= 0.3 is 6.03 Å². The fourth-order valence-electron chi connectivity index (χ4n) is 2.82. The Morgan fingerprint density at radius 3 is 2.92 bits per heavy atom. The number of imidazole rings is 1. The summed E-state index contributed by atoms with van der Waals surface area (Å²) < 4.78 is 0. The molecule has 0 unspecified atom stereocenters. The van der Waals surface area contributed by atoms with Gasteiger partial charge in [0.2, 0.25) is 0 Å². The Balaban J connectivity index is 1.60. The Kier molecular flexibility index (Phi) is 4.05. The molecule has 2 heterocycles. The lowest BCUT2D eigenvalue weighted by Gasteiger charge is -2.26. The van der Waals surface area contributed by atoms with Crippen LogP contribution < -0.4 is 10.6 Å². The van der Waals surface area contributed by atoms with Crippen molar-refractivity contribution in [2.75, 3.05) is 5.32 Å². The lowest BCUT2D eigenvalue weighted by molar-refractivity contribution is 0.240. The van der Waals surface area contributed by atoms with Gasteiger partial charge in [-0.15, -0.1) is 0 Å². The highest BCUT2D eigenvalue weighted by atomic mass is 35.5. The summed E-state index contributed by atoms with van der Waals surface area (Å²) in [5.41, 5.74) is 3.93. The molecule has 2 aromatic heterocycles. The van der Waals surface area contributed by atoms with Crippen LogP contribution in [0, 0.1) is 6.92 Å². The maximum absolute atomic E-state index is 12.0. The summed E-state index contributed by atoms with van der Waals surface area (Å²) in [6.45, 7) is 1.98. The van der Waals surface area contributed by atoms with E-state index in [0.717, 1.165) is 29.5 Å². The number of fused-ring (bicyclic) bond motifs is 1. The molecule has 0 radical (unpaired) electrons. The molecule has 128 valence electrons. The van der Waals surface area contributed by atoms with Gasteiger partial charge in [0.15, 0.2) is 5.65 Å². The molecule has 1 aliphatic rings. The van der Waals surface area contributed by atoms with Crippen LogP contribution in [0.1, 0.15) is 24.8 Å². The predicted octanol–water partition coefficient (Wildman–Crippen LogP) is 4.26. The van der Waals surface area contributed by atoms with E-state index < -0.39 is 0 Å². The standard InChI is InChI=1S/C18H18ClN5O/c1-10-7-15-17(20-9-10)24-16(23-15)13-8-12(5-6-14(13)19)22-18(25)21-11-3-2-4-11/h5-9,11H,2-4H2,1H3,(H,20,23,24)(H2,21,22,25). The molecule has 3 N–H and O–H groups in total. The molecule has 1 saturated carbocycles. The van der Waals surface area contributed by atoms with Gasteiger partial charge in [0.1, 0.15) is 5.82 Å². The van der Waals surface area contributed by atoms with Crippen molar-refractivity contribution in [3.63, 3.8) is 0 Å². The van der Waals surface area contributed by atoms with Gasteiger partial charge in [0.05, 0.1) is 10.5 Å². The summed E-state index contributed by atoms with van der Waals surface area (Å²) in [4.78, 5) is 24.1. The van der Waals surface area contributed by atoms with Crippen molar-refractivity contribution in [1.82, 2.24) is 20.3 Å². The zero-order valence-electron chi connectivity index (χ0n) is 13.8. The number of amides is 2. The van der Waals surface area contributed by atoms with E-state index in [2.05, 4.69) is 25.6 Å². The van der Waals surface area contributed by atoms with E-state index in [9.17, 15) is 4.79 Å². The molecule has 2 amide bonds. The van der Waals surface area contributed by atoms with Crippen LogP contribution in [-0.2, 0) is 0 Å². The number of hydrogen-bond acceptors (Lipinski definition) is 3. The van der Waals surface area contributed by atoms with Crippen molar-refractivity contribution >= 4 is 34.5 Å². The summed E-state index contributed by atoms with van der Waals surface area (Å²) in [6, 6.07) is 7.42. The highest BCUT2D eigenvalue weighted by Gasteiger charge is 2.19. The number of benzene rings is 1. The second-order valence-corrected chi connectivity index (χ2v) is 6.80. The van der Waals surface area contributed by atoms with Crippen LogP contribution in [0.5, 0.6) is 0 Å². The molecule has 3 aromatic rings. The van der Waals surface area contributed by atoms with Crippen molar-refractivity contribution < 1.29 is 4.79 Å². The molecule has 7 heteroatoms. The molecular weight excluding hydrogens is 338 g/mol. The minimum atomic E-state index is -0.195. The van der Waals surface area contributed by atoms with Crippen LogP contribution in [0.3, 0.4) is 0 Å². The van der Waals surface area contributed by atoms with Crippen LogP contribution in [0.15, 0.2) is 30.5 Å². The number of urea groups is 1. The van der Waals surface area contributed by atoms with E-state index in [0.29, 0.717) is 22.2 Å². The van der Waals surface area contributed by atoms with E-state index in [1.807, 2.05) is 19.1 Å². The summed E-state index contributed by atoms with van der Waals surface area (Å²) >= 11 is 6.33. The normalized spacial score (nSPS) is 14.3. The number of carbonyl (C=O) groups is 1. The summed E-state index contributed by atoms with van der Waals surface area (Å²) in [6.07, 6.45) is 5.04. The number of aromatic nitrogens is 3. The topological polar surface area (TPSA) is 82.7 Å². The Morgan fingerprint density at radius 2 is 2.16 bits per heavy atom. The quantitative estimate of drug-likeness (QED) is 0.656. The average molecular weight is 356 g/mol. The number of nitrogens with zero attached hydrogens (tertiary/aromatic N) is 2. The van der Waals surface area contributed by atoms with E-state index in [1.54, 1.807) is 18.3 Å². The Labute approximate surface area is 150 Å². The highest BCUT2D eigenvalue weighted by Crippen LogP contribution is 2.30. The lowest BCUT2D eigenvalue weighted by atomic mass is 9.93. The van der Waals surface area contributed by atoms with Crippen molar-refractivity contribution in [1.29, 1.82) is 0 Å². The van der Waals surface area contributed by atoms with Gasteiger partial charge < -0.3 is 15.6 Å². The zero-order valence-corrected chi connectivity index (χ0v) is 14.5. The zero-order chi connectivity index (χ0) is 17.4. The van der Waals surface area contributed by atoms with E-state index in [-0.39, 0.29) is 12.1 Å². The van der Waals surface area contributed by atoms with Gasteiger partial charge in [-0.2, -0.15) is 0 Å². The minimum Gasteiger partial charge on any atom is -0.337 e. The maximum atomic E-state index is 12.0. The Hall–Kier alpha value is -2.60. The van der Waals surface area contributed by atoms with Gasteiger partial charge in [-0.3, -0.25) is 0 Å². The van der Waals surface area contributed by atoms with Gasteiger partial charge in [-0.05, 0) is 56.0 Å². The van der Waals surface area contributed by atoms with Gasteiger partial charge in [-0.25, -0.2) is 14.8 Å². The van der Waals surface area contributed by atoms with Crippen molar-refractivity contribution in [2.45, 2.75) is 32.2 Å². The molecule has 0 bridgehead atoms. The first kappa shape index (κ1) is 15.9. The lowest BCUT2D eigenvalue weighted by Crippen LogP contribution is -2.41. The van der Waals surface area contributed by atoms with Crippen molar-refractivity contribution in [3.05, 3.63) is 41.0 Å². The van der Waals surface area contributed by atoms with Crippen LogP contribution in [0.2, 0.25) is 5.02 Å². The van der Waals surface area contributed by atoms with Gasteiger partial charge in [-0.1, -0.05) is 11.6 Å². The molecule has 0 saturated heterocycles. The molecule has 0 atom stereocenters. The Morgan fingerprint density at radius 1 is 1.32 bits per heavy atom. The molecule has 0 aliphatic heterocycles. The molecule has 4 rings (SSSR count). The number of rotatable bonds is 3. The summed E-state index contributed by atoms with van der Waals surface area (Å²) in [5.74, 6) is 0.626. The maximum Gasteiger partial charge on any atom is 0.319 e. The van der Waals surface area contributed by atoms with Crippen LogP contribution in [-0.4, -0.2) is 27.0 Å². The smallest absolute Gasteiger partial charge is 0.319 e. The number of aryl methyl sites for hydroxylation is 1. The summed E-state index contributed by atoms with van der Waals surface area (Å²) in [5, 5.41) is 6.36. The second-order valence-electron chi connectivity index (χ2n) is 6.39. The molecular formula is C18H18ClN5O. The third kappa shape index (κ3) is 3.30. The first-order valence-electron chi connectivity index (χ1n) is 8.28. The number of carbonyl (C=O) groups excluding carboxylic acids is 1. The third-order valence-corrected chi connectivity index (χ3v) is 4.72. The first-order chi connectivity index (χ1) is 12.1. The van der Waals surface area contributed by atoms with Gasteiger partial charge in [0, 0.05) is 23.5 Å². The van der Waals surface area contributed by atoms with E-state index in [1.165, 1.54) is 6.42 Å². The SMILES string of the molecule is Cc1cnc2nc(-c3cc(NC(=O)NC4CCC4)ccc3Cl)[nH]c2c1. The van der Waals surface area contributed by atoms with Gasteiger partial charge in [0.25, 0.3) is 0 Å². The number of hydrogen-bond donors (Lipinski definition) is 3. The molecule has 0 spiro atoms. The van der Waals surface area contributed by atoms with Crippen LogP contribution in [0.25, 0.3) is 22.6 Å². The van der Waals surface area contributed by atoms with Crippen LogP contribution in [0.4, 0.5) is 10.5 Å². The van der Waals surface area contributed by atoms with Crippen molar-refractivity contribution in [2.24, 2.45) is 0 Å². The van der Waals surface area contributed by atoms with Crippen LogP contribution >= 0.6 is 11.6 Å². The van der Waals surface area contributed by atoms with E-state index in [4.69, 9.17) is 11.6 Å². The third-order valence-electron chi connectivity index (χ3n) is 4.39. The average Bonchev–Trinajstić information content (AvgIpc) is 2.95. The van der Waals surface area contributed by atoms with Crippen molar-refractivity contribution in [3.8, 4) is 11.4 Å². The predicted molar refractivity (Wildman–Crippen MR) is 98.9 cm³/mol. The summed E-state index contributed by atoms with van der Waals surface area (Å²) in [7, 11) is 0. The molecule has 1 aromatic carbocycles. The highest BCUT2D eigenvalue weighted by molar-refractivity contribution is 6.33. The second kappa shape index (κ2) is 6.37. The molecule has 1 aliphatic carbocycles. The monoisotopic (exact) mass is 355 g/mol. The number of pyridine rings is 1. The molecule has 6 nitrogen and oxygen atoms in total.